The van der Waals surface area contributed by atoms with Crippen LogP contribution >= 0.6 is 11.3 Å². The molecule has 0 aliphatic rings. The van der Waals surface area contributed by atoms with Crippen molar-refractivity contribution in [3.8, 4) is 5.75 Å². The van der Waals surface area contributed by atoms with E-state index in [2.05, 4.69) is 15.5 Å². The van der Waals surface area contributed by atoms with Gasteiger partial charge >= 0.3 is 5.97 Å². The molecule has 1 aromatic heterocycles. The molecular formula is C15H17N3O4S. The van der Waals surface area contributed by atoms with Crippen molar-refractivity contribution in [1.29, 1.82) is 0 Å². The lowest BCUT2D eigenvalue weighted by Crippen LogP contribution is -2.20. The Labute approximate surface area is 137 Å². The van der Waals surface area contributed by atoms with E-state index in [1.54, 1.807) is 6.07 Å². The zero-order valence-corrected chi connectivity index (χ0v) is 13.4. The zero-order chi connectivity index (χ0) is 16.7. The van der Waals surface area contributed by atoms with E-state index in [1.165, 1.54) is 0 Å². The van der Waals surface area contributed by atoms with Crippen LogP contribution in [0.4, 0.5) is 5.13 Å². The monoisotopic (exact) mass is 335 g/mol. The number of aliphatic carboxylic acids is 1. The third-order valence-electron chi connectivity index (χ3n) is 2.94. The average Bonchev–Trinajstić information content (AvgIpc) is 2.98. The Bertz CT molecular complexity index is 687. The molecule has 1 amide bonds. The number of carbonyl (C=O) groups is 2. The highest BCUT2D eigenvalue weighted by Crippen LogP contribution is 2.17. The Kier molecular flexibility index (Phi) is 6.04. The molecule has 1 aromatic carbocycles. The van der Waals surface area contributed by atoms with Crippen LogP contribution in [0.5, 0.6) is 5.75 Å². The van der Waals surface area contributed by atoms with Crippen molar-refractivity contribution in [3.63, 3.8) is 0 Å². The lowest BCUT2D eigenvalue weighted by Gasteiger charge is -2.06. The maximum atomic E-state index is 11.8. The van der Waals surface area contributed by atoms with Crippen molar-refractivity contribution < 1.29 is 19.4 Å². The quantitative estimate of drug-likeness (QED) is 0.766. The van der Waals surface area contributed by atoms with Gasteiger partial charge < -0.3 is 9.84 Å². The third kappa shape index (κ3) is 5.67. The Balaban J connectivity index is 1.81. The van der Waals surface area contributed by atoms with Crippen molar-refractivity contribution in [3.05, 3.63) is 34.8 Å². The van der Waals surface area contributed by atoms with Crippen LogP contribution in [0.1, 0.15) is 23.9 Å². The summed E-state index contributed by atoms with van der Waals surface area (Å²) in [5.41, 5.74) is 1.13. The number of ether oxygens (including phenoxy) is 1. The molecule has 122 valence electrons. The van der Waals surface area contributed by atoms with E-state index in [0.717, 1.165) is 23.3 Å². The molecule has 0 spiro atoms. The highest BCUT2D eigenvalue weighted by Gasteiger charge is 2.10. The number of hydrogen-bond acceptors (Lipinski definition) is 6. The van der Waals surface area contributed by atoms with E-state index in [9.17, 15) is 9.59 Å². The van der Waals surface area contributed by atoms with Crippen molar-refractivity contribution in [1.82, 2.24) is 10.2 Å². The predicted molar refractivity (Wildman–Crippen MR) is 85.8 cm³/mol. The van der Waals surface area contributed by atoms with E-state index in [4.69, 9.17) is 9.84 Å². The van der Waals surface area contributed by atoms with Gasteiger partial charge in [-0.1, -0.05) is 30.4 Å². The van der Waals surface area contributed by atoms with Crippen molar-refractivity contribution >= 4 is 28.3 Å². The van der Waals surface area contributed by atoms with Gasteiger partial charge in [0.2, 0.25) is 5.13 Å². The molecule has 0 unspecified atom stereocenters. The van der Waals surface area contributed by atoms with E-state index in [1.807, 2.05) is 25.1 Å². The summed E-state index contributed by atoms with van der Waals surface area (Å²) in [6, 6.07) is 7.56. The SMILES string of the molecule is CCc1cccc(OCC(=O)Nc2nnc(CCC(=O)O)s2)c1. The third-order valence-corrected chi connectivity index (χ3v) is 3.84. The van der Waals surface area contributed by atoms with Gasteiger partial charge in [0.1, 0.15) is 10.8 Å². The smallest absolute Gasteiger partial charge is 0.303 e. The molecule has 0 fully saturated rings. The molecule has 0 aliphatic carbocycles. The first kappa shape index (κ1) is 16.9. The normalized spacial score (nSPS) is 10.3. The van der Waals surface area contributed by atoms with Crippen LogP contribution in [0, 0.1) is 0 Å². The lowest BCUT2D eigenvalue weighted by molar-refractivity contribution is -0.137. The minimum Gasteiger partial charge on any atom is -0.484 e. The summed E-state index contributed by atoms with van der Waals surface area (Å²) in [7, 11) is 0. The standard InChI is InChI=1S/C15H17N3O4S/c1-2-10-4-3-5-11(8-10)22-9-12(19)16-15-18-17-13(23-15)6-7-14(20)21/h3-5,8H,2,6-7,9H2,1H3,(H,20,21)(H,16,18,19). The second-order valence-corrected chi connectivity index (χ2v) is 5.79. The molecule has 0 bridgehead atoms. The van der Waals surface area contributed by atoms with Crippen molar-refractivity contribution in [2.24, 2.45) is 0 Å². The van der Waals surface area contributed by atoms with Crippen LogP contribution in [-0.2, 0) is 22.4 Å². The van der Waals surface area contributed by atoms with Gasteiger partial charge in [-0.15, -0.1) is 10.2 Å². The molecule has 1 heterocycles. The highest BCUT2D eigenvalue weighted by atomic mass is 32.1. The second kappa shape index (κ2) is 8.23. The molecule has 0 saturated carbocycles. The molecule has 0 saturated heterocycles. The molecule has 0 radical (unpaired) electrons. The number of rotatable bonds is 8. The maximum absolute atomic E-state index is 11.8. The van der Waals surface area contributed by atoms with Gasteiger partial charge in [-0.2, -0.15) is 0 Å². The fourth-order valence-electron chi connectivity index (χ4n) is 1.78. The van der Waals surface area contributed by atoms with Crippen molar-refractivity contribution in [2.45, 2.75) is 26.2 Å². The number of amides is 1. The Morgan fingerprint density at radius 2 is 2.17 bits per heavy atom. The van der Waals surface area contributed by atoms with Gasteiger partial charge in [-0.3, -0.25) is 14.9 Å². The highest BCUT2D eigenvalue weighted by molar-refractivity contribution is 7.15. The molecule has 2 rings (SSSR count). The number of benzene rings is 1. The largest absolute Gasteiger partial charge is 0.484 e. The van der Waals surface area contributed by atoms with Gasteiger partial charge in [0.15, 0.2) is 6.61 Å². The van der Waals surface area contributed by atoms with Crippen LogP contribution in [0.25, 0.3) is 0 Å². The first-order valence-corrected chi connectivity index (χ1v) is 7.94. The first-order chi connectivity index (χ1) is 11.1. The number of carboxylic acids is 1. The molecule has 7 nitrogen and oxygen atoms in total. The Morgan fingerprint density at radius 3 is 2.91 bits per heavy atom. The second-order valence-electron chi connectivity index (χ2n) is 4.73. The summed E-state index contributed by atoms with van der Waals surface area (Å²) < 4.78 is 5.43. The number of carboxylic acid groups (broad SMARTS) is 1. The van der Waals surface area contributed by atoms with Gasteiger partial charge in [-0.05, 0) is 24.1 Å². The van der Waals surface area contributed by atoms with E-state index < -0.39 is 5.97 Å². The number of nitrogens with zero attached hydrogens (tertiary/aromatic N) is 2. The zero-order valence-electron chi connectivity index (χ0n) is 12.6. The van der Waals surface area contributed by atoms with Crippen LogP contribution in [0.3, 0.4) is 0 Å². The van der Waals surface area contributed by atoms with E-state index in [0.29, 0.717) is 22.3 Å². The fraction of sp³-hybridized carbons (Fsp3) is 0.333. The summed E-state index contributed by atoms with van der Waals surface area (Å²) in [5.74, 6) is -0.597. The Morgan fingerprint density at radius 1 is 1.35 bits per heavy atom. The van der Waals surface area contributed by atoms with E-state index in [-0.39, 0.29) is 18.9 Å². The van der Waals surface area contributed by atoms with Crippen LogP contribution < -0.4 is 10.1 Å². The summed E-state index contributed by atoms with van der Waals surface area (Å²) in [5, 5.41) is 19.7. The topological polar surface area (TPSA) is 101 Å². The summed E-state index contributed by atoms with van der Waals surface area (Å²) in [4.78, 5) is 22.3. The number of aromatic nitrogens is 2. The minimum absolute atomic E-state index is 0.0144. The summed E-state index contributed by atoms with van der Waals surface area (Å²) in [6.07, 6.45) is 1.18. The van der Waals surface area contributed by atoms with Gasteiger partial charge in [0, 0.05) is 6.42 Å². The fourth-order valence-corrected chi connectivity index (χ4v) is 2.53. The lowest BCUT2D eigenvalue weighted by atomic mass is 10.2. The van der Waals surface area contributed by atoms with Gasteiger partial charge in [0.05, 0.1) is 6.42 Å². The number of aryl methyl sites for hydroxylation is 2. The van der Waals surface area contributed by atoms with Gasteiger partial charge in [-0.25, -0.2) is 0 Å². The average molecular weight is 335 g/mol. The van der Waals surface area contributed by atoms with Crippen LogP contribution in [-0.4, -0.2) is 33.8 Å². The molecule has 2 aromatic rings. The maximum Gasteiger partial charge on any atom is 0.303 e. The number of anilines is 1. The molecule has 0 atom stereocenters. The van der Waals surface area contributed by atoms with Crippen LogP contribution in [0.2, 0.25) is 0 Å². The minimum atomic E-state index is -0.895. The van der Waals surface area contributed by atoms with E-state index >= 15 is 0 Å². The summed E-state index contributed by atoms with van der Waals surface area (Å²) in [6.45, 7) is 1.92. The molecule has 2 N–H and O–H groups in total. The molecular weight excluding hydrogens is 318 g/mol. The van der Waals surface area contributed by atoms with Crippen molar-refractivity contribution in [2.75, 3.05) is 11.9 Å². The first-order valence-electron chi connectivity index (χ1n) is 7.12. The summed E-state index contributed by atoms with van der Waals surface area (Å²) >= 11 is 1.16. The van der Waals surface area contributed by atoms with Gasteiger partial charge in [0.25, 0.3) is 5.91 Å². The number of nitrogens with one attached hydrogen (secondary N) is 1. The van der Waals surface area contributed by atoms with Crippen LogP contribution in [0.15, 0.2) is 24.3 Å². The number of carbonyl (C=O) groups excluding carboxylic acids is 1. The molecule has 23 heavy (non-hydrogen) atoms. The predicted octanol–water partition coefficient (Wildman–Crippen LogP) is 2.14. The number of hydrogen-bond donors (Lipinski definition) is 2. The Hall–Kier alpha value is -2.48. The molecule has 0 aliphatic heterocycles. The molecule has 8 heteroatoms.